The van der Waals surface area contributed by atoms with Crippen LogP contribution < -0.4 is 0 Å². The maximum absolute atomic E-state index is 2.51. The maximum Gasteiger partial charge on any atom is 0 e. The molecule has 5 aliphatic rings. The van der Waals surface area contributed by atoms with E-state index in [4.69, 9.17) is 0 Å². The van der Waals surface area contributed by atoms with Crippen LogP contribution in [0.1, 0.15) is 81.8 Å². The van der Waals surface area contributed by atoms with Gasteiger partial charge in [0, 0.05) is 26.2 Å². The van der Waals surface area contributed by atoms with E-state index < -0.39 is 0 Å². The summed E-state index contributed by atoms with van der Waals surface area (Å²) < 4.78 is 0. The van der Waals surface area contributed by atoms with E-state index in [1.807, 2.05) is 0 Å². The summed E-state index contributed by atoms with van der Waals surface area (Å²) in [6, 6.07) is 21.8. The van der Waals surface area contributed by atoms with E-state index in [0.29, 0.717) is 5.41 Å². The van der Waals surface area contributed by atoms with Crippen molar-refractivity contribution in [3.63, 3.8) is 0 Å². The fourth-order valence-corrected chi connectivity index (χ4v) is 8.86. The fourth-order valence-electron chi connectivity index (χ4n) is 8.86. The van der Waals surface area contributed by atoms with Crippen molar-refractivity contribution < 1.29 is 26.2 Å². The third-order valence-corrected chi connectivity index (χ3v) is 9.91. The normalized spacial score (nSPS) is 31.1. The van der Waals surface area contributed by atoms with Crippen molar-refractivity contribution in [3.8, 4) is 11.1 Å². The number of rotatable bonds is 4. The predicted octanol–water partition coefficient (Wildman–Crippen LogP) is 8.81. The first-order chi connectivity index (χ1) is 15.7. The molecule has 0 N–H and O–H groups in total. The summed E-state index contributed by atoms with van der Waals surface area (Å²) in [6.07, 6.45) is 17.4. The first kappa shape index (κ1) is 22.4. The Kier molecular flexibility index (Phi) is 6.01. The van der Waals surface area contributed by atoms with Crippen LogP contribution in [0.2, 0.25) is 0 Å². The van der Waals surface area contributed by atoms with Gasteiger partial charge in [-0.3, -0.25) is 0 Å². The molecule has 0 saturated heterocycles. The number of hydrogen-bond acceptors (Lipinski definition) is 0. The van der Waals surface area contributed by atoms with Crippen molar-refractivity contribution >= 4 is 10.8 Å². The van der Waals surface area contributed by atoms with Crippen LogP contribution in [-0.4, -0.2) is 0 Å². The summed E-state index contributed by atoms with van der Waals surface area (Å²) in [7, 11) is 0. The van der Waals surface area contributed by atoms with Crippen molar-refractivity contribution in [2.45, 2.75) is 82.5 Å². The largest absolute Gasteiger partial charge is 0.164 e. The van der Waals surface area contributed by atoms with E-state index in [-0.39, 0.29) is 26.2 Å². The standard InChI is InChI=1S/C32H37.Zr/c1-2-5-22(6-3-1)13-23-17-28-7-4-8-30(31(28)18-23)27-9-11-29(12-10-27)32-19-24-14-25(20-32)16-26(15-24)21-32;/h4,7-12,17-18,22,24-26H,1-3,5-6,13-16,19-21H2;/q-1;. The quantitative estimate of drug-likeness (QED) is 0.306. The molecule has 0 unspecified atom stereocenters. The van der Waals surface area contributed by atoms with Crippen molar-refractivity contribution in [3.05, 3.63) is 65.7 Å². The van der Waals surface area contributed by atoms with Gasteiger partial charge >= 0.3 is 0 Å². The monoisotopic (exact) mass is 511 g/mol. The molecule has 0 radical (unpaired) electrons. The Morgan fingerprint density at radius 1 is 0.788 bits per heavy atom. The zero-order valence-corrected chi connectivity index (χ0v) is 22.4. The van der Waals surface area contributed by atoms with Gasteiger partial charge in [-0.15, -0.1) is 34.5 Å². The number of benzene rings is 2. The molecule has 0 spiro atoms. The number of hydrogen-bond donors (Lipinski definition) is 0. The molecule has 8 rings (SSSR count). The molecule has 5 aliphatic carbocycles. The summed E-state index contributed by atoms with van der Waals surface area (Å²) in [5, 5.41) is 2.89. The van der Waals surface area contributed by atoms with Crippen LogP contribution in [0.3, 0.4) is 0 Å². The molecule has 0 aromatic heterocycles. The number of fused-ring (bicyclic) bond motifs is 1. The summed E-state index contributed by atoms with van der Waals surface area (Å²) in [5.74, 6) is 3.95. The molecule has 33 heavy (non-hydrogen) atoms. The Labute approximate surface area is 219 Å². The molecule has 3 aromatic rings. The van der Waals surface area contributed by atoms with Crippen LogP contribution in [-0.2, 0) is 38.0 Å². The summed E-state index contributed by atoms with van der Waals surface area (Å²) in [6.45, 7) is 0. The van der Waals surface area contributed by atoms with Gasteiger partial charge in [0.1, 0.15) is 0 Å². The Hall–Kier alpha value is -1.07. The van der Waals surface area contributed by atoms with E-state index in [0.717, 1.165) is 23.7 Å². The SMILES string of the molecule is [Zr].c1cc(-c2ccc(C34CC5CC(CC(C5)C3)C4)cc2)c2cc(CC3CCCCC3)[cH-]c2c1. The molecular weight excluding hydrogens is 476 g/mol. The second-order valence-electron chi connectivity index (χ2n) is 12.2. The zero-order valence-electron chi connectivity index (χ0n) is 20.0. The Morgan fingerprint density at radius 2 is 1.45 bits per heavy atom. The first-order valence-electron chi connectivity index (χ1n) is 13.5. The molecule has 5 fully saturated rings. The first-order valence-corrected chi connectivity index (χ1v) is 13.5. The summed E-state index contributed by atoms with van der Waals surface area (Å²) >= 11 is 0. The van der Waals surface area contributed by atoms with Crippen LogP contribution in [0.25, 0.3) is 21.9 Å². The summed E-state index contributed by atoms with van der Waals surface area (Å²) in [5.41, 5.74) is 6.54. The van der Waals surface area contributed by atoms with Crippen LogP contribution in [0.4, 0.5) is 0 Å². The molecule has 170 valence electrons. The van der Waals surface area contributed by atoms with E-state index in [9.17, 15) is 0 Å². The van der Waals surface area contributed by atoms with Crippen LogP contribution in [0.15, 0.2) is 54.6 Å². The zero-order chi connectivity index (χ0) is 21.1. The smallest absolute Gasteiger partial charge is 0 e. The predicted molar refractivity (Wildman–Crippen MR) is 135 cm³/mol. The van der Waals surface area contributed by atoms with Crippen molar-refractivity contribution in [1.29, 1.82) is 0 Å². The molecule has 3 aromatic carbocycles. The minimum absolute atomic E-state index is 0. The Balaban J connectivity index is 0.00000206. The minimum Gasteiger partial charge on any atom is -0.164 e. The van der Waals surface area contributed by atoms with E-state index in [2.05, 4.69) is 54.6 Å². The minimum atomic E-state index is 0. The van der Waals surface area contributed by atoms with Gasteiger partial charge in [-0.05, 0) is 85.2 Å². The van der Waals surface area contributed by atoms with Gasteiger partial charge in [-0.25, -0.2) is 0 Å². The third-order valence-electron chi connectivity index (χ3n) is 9.91. The third kappa shape index (κ3) is 4.05. The Bertz CT molecular complexity index is 1080. The van der Waals surface area contributed by atoms with Gasteiger partial charge in [-0.2, -0.15) is 6.07 Å². The van der Waals surface area contributed by atoms with Gasteiger partial charge in [0.15, 0.2) is 0 Å². The fraction of sp³-hybridized carbons (Fsp3) is 0.531. The molecule has 0 atom stereocenters. The molecule has 5 saturated carbocycles. The maximum atomic E-state index is 2.51. The average molecular weight is 513 g/mol. The van der Waals surface area contributed by atoms with E-state index in [1.165, 1.54) is 98.9 Å². The molecule has 0 heterocycles. The van der Waals surface area contributed by atoms with Crippen molar-refractivity contribution in [2.75, 3.05) is 0 Å². The second kappa shape index (κ2) is 8.86. The van der Waals surface area contributed by atoms with Crippen LogP contribution in [0.5, 0.6) is 0 Å². The van der Waals surface area contributed by atoms with Gasteiger partial charge in [0.05, 0.1) is 0 Å². The van der Waals surface area contributed by atoms with Gasteiger partial charge in [-0.1, -0.05) is 68.0 Å². The molecule has 1 heteroatoms. The van der Waals surface area contributed by atoms with Crippen LogP contribution in [0, 0.1) is 23.7 Å². The van der Waals surface area contributed by atoms with Gasteiger partial charge in [0.25, 0.3) is 0 Å². The second-order valence-corrected chi connectivity index (χ2v) is 12.2. The average Bonchev–Trinajstić information content (AvgIpc) is 3.21. The van der Waals surface area contributed by atoms with Crippen LogP contribution >= 0.6 is 0 Å². The van der Waals surface area contributed by atoms with E-state index in [1.54, 1.807) is 11.1 Å². The molecule has 0 amide bonds. The van der Waals surface area contributed by atoms with Crippen molar-refractivity contribution in [2.24, 2.45) is 23.7 Å². The van der Waals surface area contributed by atoms with Gasteiger partial charge in [0.2, 0.25) is 0 Å². The summed E-state index contributed by atoms with van der Waals surface area (Å²) in [4.78, 5) is 0. The Morgan fingerprint density at radius 3 is 2.12 bits per heavy atom. The molecular formula is C32H37Zr-. The topological polar surface area (TPSA) is 0 Å². The van der Waals surface area contributed by atoms with Gasteiger partial charge < -0.3 is 0 Å². The molecule has 4 bridgehead atoms. The molecule has 0 aliphatic heterocycles. The molecule has 0 nitrogen and oxygen atoms in total. The van der Waals surface area contributed by atoms with Crippen molar-refractivity contribution in [1.82, 2.24) is 0 Å². The van der Waals surface area contributed by atoms with E-state index >= 15 is 0 Å².